The van der Waals surface area contributed by atoms with Gasteiger partial charge in [-0.25, -0.2) is 10.0 Å². The molecule has 1 aliphatic rings. The van der Waals surface area contributed by atoms with Crippen molar-refractivity contribution in [3.05, 3.63) is 126 Å². The number of hydrazone groups is 1. The first kappa shape index (κ1) is 18.8. The van der Waals surface area contributed by atoms with E-state index in [1.165, 1.54) is 0 Å². The van der Waals surface area contributed by atoms with E-state index in [1.807, 2.05) is 88.9 Å². The fraction of sp³-hybridized carbons (Fsp3) is 0.0385. The summed E-state index contributed by atoms with van der Waals surface area (Å²) in [5.41, 5.74) is 15.6. The van der Waals surface area contributed by atoms with Crippen LogP contribution in [-0.4, -0.2) is 5.84 Å². The van der Waals surface area contributed by atoms with Crippen LogP contribution in [0.2, 0.25) is 0 Å². The molecule has 1 aliphatic heterocycles. The Morgan fingerprint density at radius 1 is 0.581 bits per heavy atom. The number of amidine groups is 1. The number of hydrogen-bond donors (Lipinski definition) is 1. The smallest absolute Gasteiger partial charge is 0.199 e. The molecule has 5 rings (SSSR count). The first-order valence-electron chi connectivity index (χ1n) is 10.2. The average molecular weight is 404 g/mol. The Hall–Kier alpha value is -4.25. The van der Waals surface area contributed by atoms with Gasteiger partial charge in [-0.15, -0.1) is 10.5 Å². The normalized spacial score (nSPS) is 15.9. The zero-order chi connectivity index (χ0) is 21.0. The fourth-order valence-corrected chi connectivity index (χ4v) is 3.65. The molecule has 31 heavy (non-hydrogen) atoms. The average Bonchev–Trinajstić information content (AvgIpc) is 2.85. The molecule has 4 aromatic carbocycles. The largest absolute Gasteiger partial charge is 0.399 e. The van der Waals surface area contributed by atoms with Crippen molar-refractivity contribution in [1.29, 1.82) is 0 Å². The van der Waals surface area contributed by atoms with E-state index in [4.69, 9.17) is 16.3 Å². The molecule has 1 atom stereocenters. The number of hydrogen-bond acceptors (Lipinski definition) is 4. The van der Waals surface area contributed by atoms with Crippen LogP contribution < -0.4 is 21.2 Å². The van der Waals surface area contributed by atoms with Gasteiger partial charge in [-0.05, 0) is 54.1 Å². The molecule has 2 N–H and O–H groups in total. The summed E-state index contributed by atoms with van der Waals surface area (Å²) in [6, 6.07) is 38.3. The van der Waals surface area contributed by atoms with Crippen LogP contribution in [0.15, 0.2) is 120 Å². The summed E-state index contributed by atoms with van der Waals surface area (Å²) in [5, 5.41) is 9.04. The van der Waals surface area contributed by atoms with Crippen molar-refractivity contribution in [3.63, 3.8) is 0 Å². The standard InChI is InChI=1S/C26H22N5/c27-22-18-16-20(17-19-22)25-28-30(23-12-6-2-7-13-23)26(21-10-4-1-5-11-21)31(29-25)24-14-8-3-9-15-24/h1-19,26H,27H2. The van der Waals surface area contributed by atoms with Crippen LogP contribution in [0.5, 0.6) is 0 Å². The number of nitrogens with zero attached hydrogens (tertiary/aromatic N) is 4. The molecule has 4 aromatic rings. The van der Waals surface area contributed by atoms with Gasteiger partial charge < -0.3 is 5.73 Å². The monoisotopic (exact) mass is 404 g/mol. The summed E-state index contributed by atoms with van der Waals surface area (Å²) in [6.07, 6.45) is -0.233. The van der Waals surface area contributed by atoms with Crippen molar-refractivity contribution < 1.29 is 0 Å². The molecule has 0 spiro atoms. The van der Waals surface area contributed by atoms with Gasteiger partial charge in [-0.1, -0.05) is 66.7 Å². The Bertz CT molecular complexity index is 1160. The van der Waals surface area contributed by atoms with Crippen LogP contribution in [0.4, 0.5) is 17.1 Å². The van der Waals surface area contributed by atoms with E-state index >= 15 is 0 Å². The predicted molar refractivity (Wildman–Crippen MR) is 127 cm³/mol. The Morgan fingerprint density at radius 2 is 1.10 bits per heavy atom. The highest BCUT2D eigenvalue weighted by atomic mass is 15.7. The van der Waals surface area contributed by atoms with Gasteiger partial charge >= 0.3 is 0 Å². The number of nitrogen functional groups attached to an aromatic ring is 1. The van der Waals surface area contributed by atoms with Crippen LogP contribution in [0.3, 0.4) is 0 Å². The summed E-state index contributed by atoms with van der Waals surface area (Å²) >= 11 is 0. The van der Waals surface area contributed by atoms with E-state index in [2.05, 4.69) is 36.4 Å². The molecule has 5 heteroatoms. The van der Waals surface area contributed by atoms with Crippen molar-refractivity contribution in [2.75, 3.05) is 15.8 Å². The third-order valence-electron chi connectivity index (χ3n) is 5.18. The van der Waals surface area contributed by atoms with Gasteiger partial charge in [0.15, 0.2) is 12.0 Å². The van der Waals surface area contributed by atoms with Gasteiger partial charge in [0, 0.05) is 11.3 Å². The highest BCUT2D eigenvalue weighted by molar-refractivity contribution is 6.01. The zero-order valence-corrected chi connectivity index (χ0v) is 16.9. The molecule has 0 aromatic heterocycles. The van der Waals surface area contributed by atoms with E-state index < -0.39 is 0 Å². The third-order valence-corrected chi connectivity index (χ3v) is 5.18. The topological polar surface area (TPSA) is 59.0 Å². The van der Waals surface area contributed by atoms with Gasteiger partial charge in [0.1, 0.15) is 0 Å². The summed E-state index contributed by atoms with van der Waals surface area (Å²) in [6.45, 7) is 0. The van der Waals surface area contributed by atoms with E-state index in [9.17, 15) is 0 Å². The molecular formula is C26H22N5. The lowest BCUT2D eigenvalue weighted by molar-refractivity contribution is 0.533. The third kappa shape index (κ3) is 3.81. The Balaban J connectivity index is 1.69. The second-order valence-corrected chi connectivity index (χ2v) is 7.29. The molecule has 0 saturated heterocycles. The number of nitrogens with two attached hydrogens (primary N) is 1. The second kappa shape index (κ2) is 8.24. The quantitative estimate of drug-likeness (QED) is 0.477. The first-order chi connectivity index (χ1) is 15.3. The highest BCUT2D eigenvalue weighted by Crippen LogP contribution is 2.36. The van der Waals surface area contributed by atoms with E-state index in [0.717, 1.165) is 22.5 Å². The molecular weight excluding hydrogens is 382 g/mol. The van der Waals surface area contributed by atoms with Crippen LogP contribution in [0, 0.1) is 0 Å². The maximum atomic E-state index is 5.90. The minimum absolute atomic E-state index is 0.233. The van der Waals surface area contributed by atoms with Crippen LogP contribution in [0.1, 0.15) is 17.3 Å². The lowest BCUT2D eigenvalue weighted by atomic mass is 10.1. The first-order valence-corrected chi connectivity index (χ1v) is 10.2. The van der Waals surface area contributed by atoms with Crippen molar-refractivity contribution >= 4 is 22.9 Å². The maximum Gasteiger partial charge on any atom is 0.199 e. The summed E-state index contributed by atoms with van der Waals surface area (Å²) in [7, 11) is 0. The maximum absolute atomic E-state index is 5.90. The molecule has 1 heterocycles. The summed E-state index contributed by atoms with van der Waals surface area (Å²) in [5.74, 6) is 0.625. The van der Waals surface area contributed by atoms with Gasteiger partial charge in [-0.2, -0.15) is 0 Å². The van der Waals surface area contributed by atoms with Crippen LogP contribution in [-0.2, 0) is 0 Å². The lowest BCUT2D eigenvalue weighted by Gasteiger charge is -2.42. The molecule has 151 valence electrons. The van der Waals surface area contributed by atoms with Crippen molar-refractivity contribution in [1.82, 2.24) is 5.43 Å². The number of rotatable bonds is 4. The van der Waals surface area contributed by atoms with Crippen molar-refractivity contribution in [3.8, 4) is 0 Å². The minimum atomic E-state index is -0.233. The lowest BCUT2D eigenvalue weighted by Crippen LogP contribution is -2.51. The Labute approximate surface area is 182 Å². The SMILES string of the molecule is Nc1ccc(C2=NN(c3ccccc3)C(c3ccccc3)N(c3ccccc3)[N]2)cc1. The Kier molecular flexibility index (Phi) is 4.99. The van der Waals surface area contributed by atoms with Gasteiger partial charge in [0.2, 0.25) is 0 Å². The van der Waals surface area contributed by atoms with Crippen LogP contribution in [0.25, 0.3) is 0 Å². The molecule has 0 amide bonds. The van der Waals surface area contributed by atoms with Crippen LogP contribution >= 0.6 is 0 Å². The molecule has 0 saturated carbocycles. The molecule has 1 unspecified atom stereocenters. The molecule has 0 bridgehead atoms. The van der Waals surface area contributed by atoms with Gasteiger partial charge in [0.25, 0.3) is 0 Å². The number of anilines is 3. The predicted octanol–water partition coefficient (Wildman–Crippen LogP) is 5.18. The summed E-state index contributed by atoms with van der Waals surface area (Å²) in [4.78, 5) is 0. The molecule has 0 aliphatic carbocycles. The van der Waals surface area contributed by atoms with Crippen molar-refractivity contribution in [2.45, 2.75) is 6.17 Å². The second-order valence-electron chi connectivity index (χ2n) is 7.29. The van der Waals surface area contributed by atoms with Crippen molar-refractivity contribution in [2.24, 2.45) is 5.10 Å². The van der Waals surface area contributed by atoms with E-state index in [-0.39, 0.29) is 6.17 Å². The Morgan fingerprint density at radius 3 is 1.68 bits per heavy atom. The van der Waals surface area contributed by atoms with Gasteiger partial charge in [-0.3, -0.25) is 0 Å². The van der Waals surface area contributed by atoms with Gasteiger partial charge in [0.05, 0.1) is 11.4 Å². The van der Waals surface area contributed by atoms with E-state index in [1.54, 1.807) is 0 Å². The minimum Gasteiger partial charge on any atom is -0.399 e. The number of benzene rings is 4. The highest BCUT2D eigenvalue weighted by Gasteiger charge is 2.35. The summed E-state index contributed by atoms with van der Waals surface area (Å²) < 4.78 is 0. The molecule has 0 fully saturated rings. The molecule has 5 nitrogen and oxygen atoms in total. The number of para-hydroxylation sites is 2. The van der Waals surface area contributed by atoms with E-state index in [0.29, 0.717) is 11.5 Å². The zero-order valence-electron chi connectivity index (χ0n) is 16.9. The molecule has 1 radical (unpaired) electrons. The fourth-order valence-electron chi connectivity index (χ4n) is 3.65.